The number of carboxylic acid groups (broad SMARTS) is 1. The van der Waals surface area contributed by atoms with E-state index >= 15 is 0 Å². The lowest BCUT2D eigenvalue weighted by Gasteiger charge is -2.39. The molecular formula is C47H77N4O7P. The number of nitrogens with zero attached hydrogens (tertiary/aromatic N) is 1. The molecule has 3 aromatic rings. The first-order valence-corrected chi connectivity index (χ1v) is 23.4. The fourth-order valence-electron chi connectivity index (χ4n) is 7.13. The van der Waals surface area contributed by atoms with Gasteiger partial charge in [0, 0.05) is 20.2 Å². The Morgan fingerprint density at radius 2 is 1.12 bits per heavy atom. The second kappa shape index (κ2) is 33.7. The van der Waals surface area contributed by atoms with Crippen LogP contribution < -0.4 is 20.8 Å². The summed E-state index contributed by atoms with van der Waals surface area (Å²) in [5.41, 5.74) is 7.18. The Kier molecular flexibility index (Phi) is 29.8. The third kappa shape index (κ3) is 22.5. The minimum atomic E-state index is -2.46. The Morgan fingerprint density at radius 1 is 0.644 bits per heavy atom. The average Bonchev–Trinajstić information content (AvgIpc) is 3.25. The molecule has 0 radical (unpaired) electrons. The first-order chi connectivity index (χ1) is 28.8. The molecule has 0 amide bonds. The smallest absolute Gasteiger partial charge is 0.318 e. The van der Waals surface area contributed by atoms with Crippen LogP contribution in [0.5, 0.6) is 5.75 Å². The van der Waals surface area contributed by atoms with E-state index in [2.05, 4.69) is 29.9 Å². The molecule has 0 aliphatic heterocycles. The van der Waals surface area contributed by atoms with Crippen LogP contribution in [0.1, 0.15) is 153 Å². The fourth-order valence-corrected chi connectivity index (χ4v) is 7.47. The number of hydrogen-bond donors (Lipinski definition) is 6. The normalized spacial score (nSPS) is 12.1. The Morgan fingerprint density at radius 3 is 1.59 bits per heavy atom. The maximum atomic E-state index is 10.2. The summed E-state index contributed by atoms with van der Waals surface area (Å²) in [4.78, 5) is 37.1. The zero-order chi connectivity index (χ0) is 42.8. The molecule has 1 unspecified atom stereocenters. The molecule has 3 rings (SSSR count). The van der Waals surface area contributed by atoms with E-state index in [1.807, 2.05) is 84.9 Å². The van der Waals surface area contributed by atoms with Crippen LogP contribution in [-0.4, -0.2) is 66.0 Å². The maximum absolute atomic E-state index is 10.2. The molecule has 0 saturated heterocycles. The van der Waals surface area contributed by atoms with Gasteiger partial charge in [0.1, 0.15) is 12.3 Å². The number of methoxy groups -OCH3 is 2. The number of unbranched alkanes of at least 4 members (excludes halogenated alkanes) is 14. The van der Waals surface area contributed by atoms with Crippen molar-refractivity contribution in [2.75, 3.05) is 33.9 Å². The standard InChI is InChI=1S/C33H47N2O5P.C14H30N2O2/c1-4-5-6-7-8-15-21-31(38-2)22-16-27-35(34-41(36)37)40-33(28-17-11-9-12-18-28,29-19-13-10-14-20-29)30-23-25-32(39-3)26-24-30;1-2-3-4-5-6-7-8-9-10-11-12-15-16-13-14(17)18/h9-14,17-20,23-26,31,34,36-37H,4-8,15-16,21-22,27H2,1-3H3;15-16H,2-13H2,1H3,(H,17,18). The van der Waals surface area contributed by atoms with Crippen molar-refractivity contribution in [1.82, 2.24) is 21.2 Å². The molecule has 59 heavy (non-hydrogen) atoms. The molecule has 1 atom stereocenters. The average molecular weight is 841 g/mol. The van der Waals surface area contributed by atoms with Crippen molar-refractivity contribution in [1.29, 1.82) is 0 Å². The summed E-state index contributed by atoms with van der Waals surface area (Å²) >= 11 is 0. The van der Waals surface area contributed by atoms with Gasteiger partial charge >= 0.3 is 5.97 Å². The van der Waals surface area contributed by atoms with Gasteiger partial charge in [-0.1, -0.05) is 183 Å². The molecule has 6 N–H and O–H groups in total. The van der Waals surface area contributed by atoms with Crippen molar-refractivity contribution in [2.24, 2.45) is 0 Å². The first-order valence-electron chi connectivity index (χ1n) is 22.2. The summed E-state index contributed by atoms with van der Waals surface area (Å²) in [6.07, 6.45) is 23.5. The number of hydroxylamine groups is 1. The van der Waals surface area contributed by atoms with Gasteiger partial charge in [-0.3, -0.25) is 15.1 Å². The summed E-state index contributed by atoms with van der Waals surface area (Å²) in [5.74, 6) is -0.0884. The second-order valence-electron chi connectivity index (χ2n) is 15.1. The molecule has 12 heteroatoms. The van der Waals surface area contributed by atoms with Crippen LogP contribution in [0, 0.1) is 0 Å². The zero-order valence-corrected chi connectivity index (χ0v) is 37.5. The minimum absolute atomic E-state index is 0.0161. The Balaban J connectivity index is 0.000000561. The maximum Gasteiger partial charge on any atom is 0.318 e. The highest BCUT2D eigenvalue weighted by molar-refractivity contribution is 7.42. The van der Waals surface area contributed by atoms with E-state index in [1.54, 1.807) is 14.2 Å². The van der Waals surface area contributed by atoms with Gasteiger partial charge in [-0.2, -0.15) is 5.20 Å². The fraction of sp³-hybridized carbons (Fsp3) is 0.596. The lowest BCUT2D eigenvalue weighted by Crippen LogP contribution is -2.45. The Hall–Kier alpha value is -2.96. The highest BCUT2D eigenvalue weighted by atomic mass is 31.2. The number of hydrazine groups is 2. The quantitative estimate of drug-likeness (QED) is 0.0148. The monoisotopic (exact) mass is 841 g/mol. The summed E-state index contributed by atoms with van der Waals surface area (Å²) < 4.78 is 11.2. The van der Waals surface area contributed by atoms with Crippen LogP contribution in [-0.2, 0) is 20.0 Å². The number of rotatable bonds is 34. The minimum Gasteiger partial charge on any atom is -0.497 e. The van der Waals surface area contributed by atoms with Gasteiger partial charge in [-0.05, 0) is 54.5 Å². The highest BCUT2D eigenvalue weighted by Crippen LogP contribution is 2.42. The van der Waals surface area contributed by atoms with Crippen molar-refractivity contribution in [2.45, 2.75) is 148 Å². The van der Waals surface area contributed by atoms with Gasteiger partial charge in [0.15, 0.2) is 5.60 Å². The van der Waals surface area contributed by atoms with E-state index in [0.717, 1.165) is 61.1 Å². The summed E-state index contributed by atoms with van der Waals surface area (Å²) in [6, 6.07) is 27.8. The van der Waals surface area contributed by atoms with E-state index in [4.69, 9.17) is 19.4 Å². The van der Waals surface area contributed by atoms with Crippen LogP contribution in [0.4, 0.5) is 0 Å². The van der Waals surface area contributed by atoms with Crippen LogP contribution in [0.3, 0.4) is 0 Å². The summed E-state index contributed by atoms with van der Waals surface area (Å²) in [6.45, 7) is 5.75. The van der Waals surface area contributed by atoms with E-state index in [-0.39, 0.29) is 12.6 Å². The molecule has 3 aromatic carbocycles. The van der Waals surface area contributed by atoms with Gasteiger partial charge in [0.05, 0.1) is 13.2 Å². The molecule has 0 aliphatic carbocycles. The summed E-state index contributed by atoms with van der Waals surface area (Å²) in [7, 11) is 0.954. The molecule has 332 valence electrons. The van der Waals surface area contributed by atoms with Gasteiger partial charge in [-0.15, -0.1) is 5.17 Å². The van der Waals surface area contributed by atoms with E-state index in [9.17, 15) is 14.6 Å². The van der Waals surface area contributed by atoms with Crippen molar-refractivity contribution >= 4 is 14.5 Å². The highest BCUT2D eigenvalue weighted by Gasteiger charge is 2.40. The molecular weight excluding hydrogens is 764 g/mol. The van der Waals surface area contributed by atoms with Crippen LogP contribution >= 0.6 is 8.53 Å². The van der Waals surface area contributed by atoms with Crippen molar-refractivity contribution in [3.63, 3.8) is 0 Å². The molecule has 0 heterocycles. The number of carboxylic acids is 1. The molecule has 11 nitrogen and oxygen atoms in total. The van der Waals surface area contributed by atoms with Gasteiger partial charge in [-0.25, -0.2) is 5.43 Å². The molecule has 0 spiro atoms. The number of aliphatic carboxylic acids is 1. The topological polar surface area (TPSA) is 145 Å². The van der Waals surface area contributed by atoms with Gasteiger partial charge in [0.25, 0.3) is 8.53 Å². The van der Waals surface area contributed by atoms with E-state index < -0.39 is 20.1 Å². The van der Waals surface area contributed by atoms with Crippen molar-refractivity contribution in [3.8, 4) is 5.75 Å². The molecule has 0 fully saturated rings. The molecule has 0 aliphatic rings. The van der Waals surface area contributed by atoms with Crippen LogP contribution in [0.2, 0.25) is 0 Å². The first kappa shape index (κ1) is 52.2. The SMILES string of the molecule is CCCCCCCCC(CCCN(NP(O)O)OC(c1ccccc1)(c1ccccc1)c1ccc(OC)cc1)OC.CCCCCCCCCCCCNNCC(=O)O. The third-order valence-electron chi connectivity index (χ3n) is 10.4. The molecule has 0 saturated carbocycles. The lowest BCUT2D eigenvalue weighted by atomic mass is 9.80. The number of ether oxygens (including phenoxy) is 2. The van der Waals surface area contributed by atoms with Crippen LogP contribution in [0.15, 0.2) is 84.9 Å². The predicted molar refractivity (Wildman–Crippen MR) is 242 cm³/mol. The molecule has 0 bridgehead atoms. The Labute approximate surface area is 357 Å². The number of hydrogen-bond acceptors (Lipinski definition) is 10. The van der Waals surface area contributed by atoms with Crippen molar-refractivity contribution < 1.29 is 34.0 Å². The Bertz CT molecular complexity index is 1380. The van der Waals surface area contributed by atoms with E-state index in [1.165, 1.54) is 95.1 Å². The van der Waals surface area contributed by atoms with Gasteiger partial charge < -0.3 is 24.4 Å². The van der Waals surface area contributed by atoms with Gasteiger partial charge in [0.2, 0.25) is 0 Å². The number of carbonyl (C=O) groups is 1. The lowest BCUT2D eigenvalue weighted by molar-refractivity contribution is -0.240. The zero-order valence-electron chi connectivity index (χ0n) is 36.6. The number of nitrogens with one attached hydrogen (secondary N) is 3. The predicted octanol–water partition coefficient (Wildman–Crippen LogP) is 10.6. The largest absolute Gasteiger partial charge is 0.497 e. The van der Waals surface area contributed by atoms with E-state index in [0.29, 0.717) is 6.54 Å². The van der Waals surface area contributed by atoms with Crippen molar-refractivity contribution in [3.05, 3.63) is 102 Å². The summed E-state index contributed by atoms with van der Waals surface area (Å²) in [5, 5.41) is 12.6. The van der Waals surface area contributed by atoms with Crippen LogP contribution in [0.25, 0.3) is 0 Å². The molecule has 0 aromatic heterocycles. The number of benzene rings is 3. The third-order valence-corrected chi connectivity index (χ3v) is 10.8. The second-order valence-corrected chi connectivity index (χ2v) is 15.9.